The minimum atomic E-state index is 0.814. The standard InChI is InChI=1S/C14H20N4S/c1-3-4-10-18-13(7-11-19-2)16-14(17-18)12-5-8-15-9-6-12/h5-6,8-9H,3-4,7,10-11H2,1-2H3. The van der Waals surface area contributed by atoms with Gasteiger partial charge in [0.1, 0.15) is 5.82 Å². The maximum Gasteiger partial charge on any atom is 0.181 e. The van der Waals surface area contributed by atoms with E-state index >= 15 is 0 Å². The molecule has 0 bridgehead atoms. The van der Waals surface area contributed by atoms with Gasteiger partial charge in [-0.15, -0.1) is 0 Å². The number of thioether (sulfide) groups is 1. The normalized spacial score (nSPS) is 10.8. The maximum atomic E-state index is 4.68. The predicted molar refractivity (Wildman–Crippen MR) is 80.2 cm³/mol. The zero-order valence-corrected chi connectivity index (χ0v) is 12.4. The van der Waals surface area contributed by atoms with Gasteiger partial charge in [0, 0.05) is 36.7 Å². The molecule has 0 atom stereocenters. The van der Waals surface area contributed by atoms with Crippen molar-refractivity contribution in [3.63, 3.8) is 0 Å². The minimum Gasteiger partial charge on any atom is -0.265 e. The Morgan fingerprint density at radius 2 is 2.05 bits per heavy atom. The Morgan fingerprint density at radius 3 is 2.74 bits per heavy atom. The summed E-state index contributed by atoms with van der Waals surface area (Å²) in [5, 5.41) is 4.64. The van der Waals surface area contributed by atoms with Crippen LogP contribution in [-0.2, 0) is 13.0 Å². The summed E-state index contributed by atoms with van der Waals surface area (Å²) in [6, 6.07) is 3.91. The van der Waals surface area contributed by atoms with E-state index in [-0.39, 0.29) is 0 Å². The van der Waals surface area contributed by atoms with Crippen LogP contribution >= 0.6 is 11.8 Å². The van der Waals surface area contributed by atoms with Gasteiger partial charge in [-0.25, -0.2) is 9.67 Å². The molecule has 2 heterocycles. The first-order valence-electron chi connectivity index (χ1n) is 6.68. The van der Waals surface area contributed by atoms with Crippen LogP contribution < -0.4 is 0 Å². The molecule has 0 aliphatic carbocycles. The number of aryl methyl sites for hydroxylation is 2. The van der Waals surface area contributed by atoms with E-state index < -0.39 is 0 Å². The molecule has 5 heteroatoms. The molecule has 0 saturated carbocycles. The molecule has 0 spiro atoms. The molecule has 0 unspecified atom stereocenters. The lowest BCUT2D eigenvalue weighted by Crippen LogP contribution is -2.06. The topological polar surface area (TPSA) is 43.6 Å². The van der Waals surface area contributed by atoms with Crippen molar-refractivity contribution in [1.82, 2.24) is 19.7 Å². The van der Waals surface area contributed by atoms with E-state index in [1.54, 1.807) is 12.4 Å². The number of pyridine rings is 1. The second-order valence-corrected chi connectivity index (χ2v) is 5.39. The molecule has 0 N–H and O–H groups in total. The van der Waals surface area contributed by atoms with E-state index in [0.29, 0.717) is 0 Å². The van der Waals surface area contributed by atoms with Crippen LogP contribution in [0.1, 0.15) is 25.6 Å². The summed E-state index contributed by atoms with van der Waals surface area (Å²) in [5.41, 5.74) is 1.04. The van der Waals surface area contributed by atoms with E-state index in [1.165, 1.54) is 6.42 Å². The molecule has 2 aromatic rings. The van der Waals surface area contributed by atoms with Crippen LogP contribution in [0.3, 0.4) is 0 Å². The van der Waals surface area contributed by atoms with E-state index in [9.17, 15) is 0 Å². The summed E-state index contributed by atoms with van der Waals surface area (Å²) >= 11 is 1.84. The fourth-order valence-corrected chi connectivity index (χ4v) is 2.25. The number of rotatable bonds is 7. The molecule has 2 rings (SSSR count). The molecular weight excluding hydrogens is 256 g/mol. The van der Waals surface area contributed by atoms with Gasteiger partial charge in [0.05, 0.1) is 0 Å². The van der Waals surface area contributed by atoms with Crippen LogP contribution in [0.5, 0.6) is 0 Å². The number of nitrogens with zero attached hydrogens (tertiary/aromatic N) is 4. The van der Waals surface area contributed by atoms with E-state index in [4.69, 9.17) is 0 Å². The Balaban J connectivity index is 2.23. The summed E-state index contributed by atoms with van der Waals surface area (Å²) in [6.07, 6.45) is 8.98. The smallest absolute Gasteiger partial charge is 0.181 e. The van der Waals surface area contributed by atoms with Crippen molar-refractivity contribution in [2.75, 3.05) is 12.0 Å². The third-order valence-corrected chi connectivity index (χ3v) is 3.55. The van der Waals surface area contributed by atoms with E-state index in [1.807, 2.05) is 23.9 Å². The van der Waals surface area contributed by atoms with Crippen LogP contribution in [0, 0.1) is 0 Å². The molecule has 2 aromatic heterocycles. The van der Waals surface area contributed by atoms with Gasteiger partial charge in [-0.05, 0) is 24.8 Å². The first-order chi connectivity index (χ1) is 9.35. The number of unbranched alkanes of at least 4 members (excludes halogenated alkanes) is 1. The fraction of sp³-hybridized carbons (Fsp3) is 0.500. The molecule has 0 saturated heterocycles. The molecule has 0 amide bonds. The van der Waals surface area contributed by atoms with Gasteiger partial charge in [-0.2, -0.15) is 16.9 Å². The Labute approximate surface area is 118 Å². The number of aromatic nitrogens is 4. The second kappa shape index (κ2) is 7.28. The highest BCUT2D eigenvalue weighted by molar-refractivity contribution is 7.98. The number of hydrogen-bond acceptors (Lipinski definition) is 4. The quantitative estimate of drug-likeness (QED) is 0.779. The van der Waals surface area contributed by atoms with Crippen LogP contribution in [-0.4, -0.2) is 31.8 Å². The fourth-order valence-electron chi connectivity index (χ4n) is 1.86. The molecule has 19 heavy (non-hydrogen) atoms. The third-order valence-electron chi connectivity index (χ3n) is 2.94. The van der Waals surface area contributed by atoms with Gasteiger partial charge in [-0.1, -0.05) is 13.3 Å². The highest BCUT2D eigenvalue weighted by Gasteiger charge is 2.10. The Hall–Kier alpha value is -1.36. The Bertz CT molecular complexity index is 470. The van der Waals surface area contributed by atoms with Gasteiger partial charge < -0.3 is 0 Å². The van der Waals surface area contributed by atoms with Crippen molar-refractivity contribution in [3.8, 4) is 11.4 Å². The third kappa shape index (κ3) is 3.80. The van der Waals surface area contributed by atoms with Crippen molar-refractivity contribution in [2.45, 2.75) is 32.7 Å². The highest BCUT2D eigenvalue weighted by atomic mass is 32.2. The summed E-state index contributed by atoms with van der Waals surface area (Å²) in [4.78, 5) is 8.72. The Kier molecular flexibility index (Phi) is 5.39. The van der Waals surface area contributed by atoms with Crippen molar-refractivity contribution in [3.05, 3.63) is 30.4 Å². The monoisotopic (exact) mass is 276 g/mol. The van der Waals surface area contributed by atoms with Crippen molar-refractivity contribution < 1.29 is 0 Å². The van der Waals surface area contributed by atoms with Gasteiger partial charge >= 0.3 is 0 Å². The van der Waals surface area contributed by atoms with Crippen LogP contribution in [0.4, 0.5) is 0 Å². The first-order valence-corrected chi connectivity index (χ1v) is 8.07. The van der Waals surface area contributed by atoms with Crippen LogP contribution in [0.15, 0.2) is 24.5 Å². The molecule has 0 aromatic carbocycles. The lowest BCUT2D eigenvalue weighted by atomic mass is 10.2. The second-order valence-electron chi connectivity index (χ2n) is 4.41. The van der Waals surface area contributed by atoms with Gasteiger partial charge in [0.2, 0.25) is 0 Å². The van der Waals surface area contributed by atoms with E-state index in [2.05, 4.69) is 32.9 Å². The molecule has 0 fully saturated rings. The zero-order chi connectivity index (χ0) is 13.5. The first kappa shape index (κ1) is 14.1. The Morgan fingerprint density at radius 1 is 1.26 bits per heavy atom. The molecule has 0 aliphatic rings. The lowest BCUT2D eigenvalue weighted by Gasteiger charge is -2.03. The molecule has 0 radical (unpaired) electrons. The minimum absolute atomic E-state index is 0.814. The highest BCUT2D eigenvalue weighted by Crippen LogP contribution is 2.15. The molecule has 102 valence electrons. The van der Waals surface area contributed by atoms with Crippen molar-refractivity contribution >= 4 is 11.8 Å². The summed E-state index contributed by atoms with van der Waals surface area (Å²) in [6.45, 7) is 3.15. The van der Waals surface area contributed by atoms with Gasteiger partial charge in [0.25, 0.3) is 0 Å². The summed E-state index contributed by atoms with van der Waals surface area (Å²) in [7, 11) is 0. The lowest BCUT2D eigenvalue weighted by molar-refractivity contribution is 0.549. The number of hydrogen-bond donors (Lipinski definition) is 0. The molecule has 0 aliphatic heterocycles. The predicted octanol–water partition coefficient (Wildman–Crippen LogP) is 3.05. The van der Waals surface area contributed by atoms with E-state index in [0.717, 1.165) is 42.4 Å². The molecule has 4 nitrogen and oxygen atoms in total. The maximum absolute atomic E-state index is 4.68. The largest absolute Gasteiger partial charge is 0.265 e. The van der Waals surface area contributed by atoms with Crippen LogP contribution in [0.2, 0.25) is 0 Å². The average Bonchev–Trinajstić information content (AvgIpc) is 2.87. The van der Waals surface area contributed by atoms with Gasteiger partial charge in [-0.3, -0.25) is 4.98 Å². The summed E-state index contributed by atoms with van der Waals surface area (Å²) in [5.74, 6) is 2.99. The van der Waals surface area contributed by atoms with Gasteiger partial charge in [0.15, 0.2) is 5.82 Å². The average molecular weight is 276 g/mol. The molecular formula is C14H20N4S. The zero-order valence-electron chi connectivity index (χ0n) is 11.5. The van der Waals surface area contributed by atoms with Crippen molar-refractivity contribution in [2.24, 2.45) is 0 Å². The SMILES string of the molecule is CCCCn1nc(-c2ccncc2)nc1CCSC. The summed E-state index contributed by atoms with van der Waals surface area (Å²) < 4.78 is 2.06. The van der Waals surface area contributed by atoms with Crippen molar-refractivity contribution in [1.29, 1.82) is 0 Å². The van der Waals surface area contributed by atoms with Crippen LogP contribution in [0.25, 0.3) is 11.4 Å².